The van der Waals surface area contributed by atoms with E-state index in [1.165, 1.54) is 31.2 Å². The van der Waals surface area contributed by atoms with Crippen molar-refractivity contribution in [2.75, 3.05) is 20.1 Å². The van der Waals surface area contributed by atoms with Crippen LogP contribution in [-0.2, 0) is 5.41 Å². The highest BCUT2D eigenvalue weighted by atomic mass is 15.2. The smallest absolute Gasteiger partial charge is 0.191 e. The van der Waals surface area contributed by atoms with Crippen molar-refractivity contribution in [1.29, 1.82) is 0 Å². The van der Waals surface area contributed by atoms with E-state index < -0.39 is 0 Å². The van der Waals surface area contributed by atoms with Crippen LogP contribution in [0, 0.1) is 12.3 Å². The van der Waals surface area contributed by atoms with Gasteiger partial charge in [0.15, 0.2) is 5.96 Å². The summed E-state index contributed by atoms with van der Waals surface area (Å²) < 4.78 is 0. The third kappa shape index (κ3) is 3.33. The molecule has 1 aromatic carbocycles. The van der Waals surface area contributed by atoms with Crippen LogP contribution in [0.25, 0.3) is 0 Å². The van der Waals surface area contributed by atoms with Crippen LogP contribution in [0.4, 0.5) is 0 Å². The van der Waals surface area contributed by atoms with Gasteiger partial charge < -0.3 is 10.6 Å². The quantitative estimate of drug-likeness (QED) is 0.500. The number of rotatable bonds is 4. The highest BCUT2D eigenvalue weighted by Crippen LogP contribution is 2.40. The molecule has 0 unspecified atom stereocenters. The van der Waals surface area contributed by atoms with Gasteiger partial charge in [-0.15, -0.1) is 6.42 Å². The van der Waals surface area contributed by atoms with Gasteiger partial charge in [0.1, 0.15) is 0 Å². The predicted molar refractivity (Wildman–Crippen MR) is 84.8 cm³/mol. The van der Waals surface area contributed by atoms with Crippen molar-refractivity contribution >= 4 is 5.96 Å². The average Bonchev–Trinajstić information content (AvgIpc) is 2.98. The van der Waals surface area contributed by atoms with Crippen molar-refractivity contribution in [3.05, 3.63) is 35.9 Å². The lowest BCUT2D eigenvalue weighted by molar-refractivity contribution is 0.432. The molecule has 0 amide bonds. The van der Waals surface area contributed by atoms with Gasteiger partial charge in [-0.25, -0.2) is 0 Å². The Morgan fingerprint density at radius 3 is 2.55 bits per heavy atom. The minimum Gasteiger partial charge on any atom is -0.355 e. The maximum absolute atomic E-state index is 5.27. The van der Waals surface area contributed by atoms with E-state index in [0.717, 1.165) is 12.5 Å². The molecule has 2 rings (SSSR count). The zero-order valence-corrected chi connectivity index (χ0v) is 12.2. The average molecular weight is 269 g/mol. The van der Waals surface area contributed by atoms with Crippen molar-refractivity contribution < 1.29 is 0 Å². The molecule has 1 aliphatic carbocycles. The molecule has 3 heteroatoms. The fourth-order valence-corrected chi connectivity index (χ4v) is 3.02. The van der Waals surface area contributed by atoms with Crippen LogP contribution in [0.15, 0.2) is 35.3 Å². The largest absolute Gasteiger partial charge is 0.355 e. The highest BCUT2D eigenvalue weighted by Gasteiger charge is 2.35. The molecule has 1 aliphatic rings. The monoisotopic (exact) mass is 269 g/mol. The molecule has 0 heterocycles. The SMILES string of the molecule is C#CCNC(=NC)NCC1(c2ccccc2)CCCC1. The molecule has 0 aromatic heterocycles. The Bertz CT molecular complexity index is 479. The second-order valence-corrected chi connectivity index (χ2v) is 5.34. The first-order valence-electron chi connectivity index (χ1n) is 7.24. The van der Waals surface area contributed by atoms with E-state index in [4.69, 9.17) is 6.42 Å². The fraction of sp³-hybridized carbons (Fsp3) is 0.471. The van der Waals surface area contributed by atoms with E-state index in [0.29, 0.717) is 6.54 Å². The van der Waals surface area contributed by atoms with Gasteiger partial charge in [0.2, 0.25) is 0 Å². The summed E-state index contributed by atoms with van der Waals surface area (Å²) in [7, 11) is 1.77. The molecular weight excluding hydrogens is 246 g/mol. The Kier molecular flexibility index (Phi) is 5.06. The van der Waals surface area contributed by atoms with Crippen LogP contribution in [0.1, 0.15) is 31.2 Å². The van der Waals surface area contributed by atoms with E-state index in [1.807, 2.05) is 0 Å². The molecule has 2 N–H and O–H groups in total. The molecule has 0 aliphatic heterocycles. The Hall–Kier alpha value is -1.95. The summed E-state index contributed by atoms with van der Waals surface area (Å²) in [6.07, 6.45) is 10.3. The van der Waals surface area contributed by atoms with Crippen LogP contribution in [-0.4, -0.2) is 26.1 Å². The van der Waals surface area contributed by atoms with Crippen LogP contribution in [0.5, 0.6) is 0 Å². The minimum absolute atomic E-state index is 0.231. The first-order valence-corrected chi connectivity index (χ1v) is 7.24. The second-order valence-electron chi connectivity index (χ2n) is 5.34. The number of aliphatic imine (C=N–C) groups is 1. The molecular formula is C17H23N3. The lowest BCUT2D eigenvalue weighted by Crippen LogP contribution is -2.44. The Balaban J connectivity index is 2.05. The molecule has 1 aromatic rings. The third-order valence-electron chi connectivity index (χ3n) is 4.12. The van der Waals surface area contributed by atoms with Gasteiger partial charge in [-0.3, -0.25) is 4.99 Å². The molecule has 0 radical (unpaired) electrons. The minimum atomic E-state index is 0.231. The normalized spacial score (nSPS) is 17.5. The van der Waals surface area contributed by atoms with Gasteiger partial charge in [0.05, 0.1) is 6.54 Å². The molecule has 0 atom stereocenters. The molecule has 0 bridgehead atoms. The summed E-state index contributed by atoms with van der Waals surface area (Å²) in [5.41, 5.74) is 1.66. The van der Waals surface area contributed by atoms with Crippen LogP contribution in [0.2, 0.25) is 0 Å². The molecule has 106 valence electrons. The number of hydrogen-bond acceptors (Lipinski definition) is 1. The van der Waals surface area contributed by atoms with Crippen LogP contribution >= 0.6 is 0 Å². The maximum Gasteiger partial charge on any atom is 0.191 e. The van der Waals surface area contributed by atoms with E-state index in [1.54, 1.807) is 7.05 Å². The van der Waals surface area contributed by atoms with Gasteiger partial charge >= 0.3 is 0 Å². The molecule has 1 saturated carbocycles. The van der Waals surface area contributed by atoms with Crippen molar-refractivity contribution in [2.24, 2.45) is 4.99 Å². The van der Waals surface area contributed by atoms with Crippen molar-refractivity contribution in [2.45, 2.75) is 31.1 Å². The van der Waals surface area contributed by atoms with Gasteiger partial charge in [-0.1, -0.05) is 49.1 Å². The molecule has 3 nitrogen and oxygen atoms in total. The van der Waals surface area contributed by atoms with E-state index in [2.05, 4.69) is 51.9 Å². The topological polar surface area (TPSA) is 36.4 Å². The summed E-state index contributed by atoms with van der Waals surface area (Å²) in [6, 6.07) is 10.8. The zero-order chi connectivity index (χ0) is 14.3. The lowest BCUT2D eigenvalue weighted by Gasteiger charge is -2.30. The predicted octanol–water partition coefficient (Wildman–Crippen LogP) is 2.30. The van der Waals surface area contributed by atoms with Crippen molar-refractivity contribution in [3.63, 3.8) is 0 Å². The number of benzene rings is 1. The van der Waals surface area contributed by atoms with Gasteiger partial charge in [-0.05, 0) is 18.4 Å². The van der Waals surface area contributed by atoms with E-state index >= 15 is 0 Å². The summed E-state index contributed by atoms with van der Waals surface area (Å²) in [5, 5.41) is 6.54. The van der Waals surface area contributed by atoms with E-state index in [9.17, 15) is 0 Å². The van der Waals surface area contributed by atoms with Crippen molar-refractivity contribution in [3.8, 4) is 12.3 Å². The molecule has 1 fully saturated rings. The molecule has 20 heavy (non-hydrogen) atoms. The zero-order valence-electron chi connectivity index (χ0n) is 12.2. The van der Waals surface area contributed by atoms with Crippen molar-refractivity contribution in [1.82, 2.24) is 10.6 Å². The number of nitrogens with zero attached hydrogens (tertiary/aromatic N) is 1. The molecule has 0 saturated heterocycles. The number of terminal acetylenes is 1. The maximum atomic E-state index is 5.27. The summed E-state index contributed by atoms with van der Waals surface area (Å²) >= 11 is 0. The third-order valence-corrected chi connectivity index (χ3v) is 4.12. The number of hydrogen-bond donors (Lipinski definition) is 2. The first kappa shape index (κ1) is 14.5. The highest BCUT2D eigenvalue weighted by molar-refractivity contribution is 5.80. The summed E-state index contributed by atoms with van der Waals surface area (Å²) in [5.74, 6) is 3.35. The van der Waals surface area contributed by atoms with Gasteiger partial charge in [-0.2, -0.15) is 0 Å². The Labute approximate surface area is 121 Å². The Morgan fingerprint density at radius 1 is 1.25 bits per heavy atom. The van der Waals surface area contributed by atoms with Gasteiger partial charge in [0, 0.05) is 19.0 Å². The fourth-order valence-electron chi connectivity index (χ4n) is 3.02. The summed E-state index contributed by atoms with van der Waals surface area (Å²) in [6.45, 7) is 1.40. The van der Waals surface area contributed by atoms with Crippen LogP contribution in [0.3, 0.4) is 0 Å². The standard InChI is InChI=1S/C17H23N3/c1-3-13-19-16(18-2)20-14-17(11-7-8-12-17)15-9-5-4-6-10-15/h1,4-6,9-10H,7-8,11-14H2,2H3,(H2,18,19,20). The number of nitrogens with one attached hydrogen (secondary N) is 2. The van der Waals surface area contributed by atoms with Crippen LogP contribution < -0.4 is 10.6 Å². The Morgan fingerprint density at radius 2 is 1.95 bits per heavy atom. The number of guanidine groups is 1. The first-order chi connectivity index (χ1) is 9.80. The summed E-state index contributed by atoms with van der Waals surface area (Å²) in [4.78, 5) is 4.21. The molecule has 0 spiro atoms. The second kappa shape index (κ2) is 7.00. The van der Waals surface area contributed by atoms with E-state index in [-0.39, 0.29) is 5.41 Å². The lowest BCUT2D eigenvalue weighted by atomic mass is 9.79. The van der Waals surface area contributed by atoms with Gasteiger partial charge in [0.25, 0.3) is 0 Å².